The highest BCUT2D eigenvalue weighted by Gasteiger charge is 2.16. The SMILES string of the molecule is COc1ccc(C)cc1N[C@@H](C)C(=O)Nc1ccc(N2CCCCC2)cc1. The summed E-state index contributed by atoms with van der Waals surface area (Å²) in [5.74, 6) is 0.649. The molecule has 1 aliphatic heterocycles. The molecule has 144 valence electrons. The maximum Gasteiger partial charge on any atom is 0.246 e. The van der Waals surface area contributed by atoms with Crippen molar-refractivity contribution in [2.45, 2.75) is 39.2 Å². The number of amides is 1. The lowest BCUT2D eigenvalue weighted by atomic mass is 10.1. The van der Waals surface area contributed by atoms with Crippen LogP contribution in [-0.2, 0) is 4.79 Å². The van der Waals surface area contributed by atoms with Gasteiger partial charge in [0, 0.05) is 24.5 Å². The van der Waals surface area contributed by atoms with Gasteiger partial charge in [0.2, 0.25) is 5.91 Å². The molecule has 1 heterocycles. The van der Waals surface area contributed by atoms with Crippen molar-refractivity contribution in [3.8, 4) is 5.75 Å². The molecule has 2 N–H and O–H groups in total. The van der Waals surface area contributed by atoms with Gasteiger partial charge in [0.25, 0.3) is 0 Å². The Morgan fingerprint density at radius 2 is 1.78 bits per heavy atom. The fourth-order valence-corrected chi connectivity index (χ4v) is 3.39. The number of hydrogen-bond acceptors (Lipinski definition) is 4. The molecule has 0 bridgehead atoms. The van der Waals surface area contributed by atoms with Crippen LogP contribution in [0.25, 0.3) is 0 Å². The summed E-state index contributed by atoms with van der Waals surface area (Å²) in [4.78, 5) is 15.0. The number of aryl methyl sites for hydroxylation is 1. The number of rotatable bonds is 6. The molecule has 2 aromatic carbocycles. The third kappa shape index (κ3) is 4.94. The van der Waals surface area contributed by atoms with Crippen molar-refractivity contribution >= 4 is 23.0 Å². The Kier molecular flexibility index (Phi) is 6.22. The van der Waals surface area contributed by atoms with Gasteiger partial charge in [-0.25, -0.2) is 0 Å². The van der Waals surface area contributed by atoms with E-state index >= 15 is 0 Å². The van der Waals surface area contributed by atoms with Crippen LogP contribution in [0.15, 0.2) is 42.5 Å². The lowest BCUT2D eigenvalue weighted by molar-refractivity contribution is -0.116. The molecule has 1 amide bonds. The molecule has 0 saturated carbocycles. The van der Waals surface area contributed by atoms with E-state index in [4.69, 9.17) is 4.74 Å². The number of carbonyl (C=O) groups is 1. The van der Waals surface area contributed by atoms with Crippen molar-refractivity contribution in [2.24, 2.45) is 0 Å². The first kappa shape index (κ1) is 19.1. The number of nitrogens with zero attached hydrogens (tertiary/aromatic N) is 1. The van der Waals surface area contributed by atoms with Crippen LogP contribution >= 0.6 is 0 Å². The normalized spacial score (nSPS) is 15.1. The third-order valence-electron chi connectivity index (χ3n) is 4.98. The van der Waals surface area contributed by atoms with E-state index in [-0.39, 0.29) is 11.9 Å². The van der Waals surface area contributed by atoms with Crippen LogP contribution in [0.3, 0.4) is 0 Å². The Morgan fingerprint density at radius 3 is 2.44 bits per heavy atom. The fraction of sp³-hybridized carbons (Fsp3) is 0.409. The molecule has 1 fully saturated rings. The van der Waals surface area contributed by atoms with E-state index in [0.29, 0.717) is 0 Å². The van der Waals surface area contributed by atoms with Crippen LogP contribution in [0.5, 0.6) is 5.75 Å². The number of piperidine rings is 1. The summed E-state index contributed by atoms with van der Waals surface area (Å²) < 4.78 is 5.37. The highest BCUT2D eigenvalue weighted by atomic mass is 16.5. The van der Waals surface area contributed by atoms with E-state index in [1.165, 1.54) is 24.9 Å². The molecule has 5 nitrogen and oxygen atoms in total. The molecule has 1 aliphatic rings. The number of anilines is 3. The van der Waals surface area contributed by atoms with Crippen LogP contribution < -0.4 is 20.3 Å². The van der Waals surface area contributed by atoms with Gasteiger partial charge in [-0.05, 0) is 75.1 Å². The average Bonchev–Trinajstić information content (AvgIpc) is 2.69. The first-order chi connectivity index (χ1) is 13.1. The summed E-state index contributed by atoms with van der Waals surface area (Å²) >= 11 is 0. The number of carbonyl (C=O) groups excluding carboxylic acids is 1. The smallest absolute Gasteiger partial charge is 0.246 e. The molecule has 1 saturated heterocycles. The van der Waals surface area contributed by atoms with Gasteiger partial charge in [0.15, 0.2) is 0 Å². The Balaban J connectivity index is 1.60. The minimum atomic E-state index is -0.387. The predicted octanol–water partition coefficient (Wildman–Crippen LogP) is 4.43. The second-order valence-electron chi connectivity index (χ2n) is 7.15. The summed E-state index contributed by atoms with van der Waals surface area (Å²) in [6, 6.07) is 13.6. The van der Waals surface area contributed by atoms with Crippen LogP contribution in [0.2, 0.25) is 0 Å². The maximum atomic E-state index is 12.6. The molecule has 1 atom stereocenters. The zero-order valence-electron chi connectivity index (χ0n) is 16.4. The molecule has 0 radical (unpaired) electrons. The van der Waals surface area contributed by atoms with Crippen molar-refractivity contribution in [1.82, 2.24) is 0 Å². The predicted molar refractivity (Wildman–Crippen MR) is 112 cm³/mol. The van der Waals surface area contributed by atoms with E-state index in [0.717, 1.165) is 35.8 Å². The van der Waals surface area contributed by atoms with Gasteiger partial charge in [-0.2, -0.15) is 0 Å². The topological polar surface area (TPSA) is 53.6 Å². The molecule has 3 rings (SSSR count). The number of nitrogens with one attached hydrogen (secondary N) is 2. The molecule has 0 aliphatic carbocycles. The van der Waals surface area contributed by atoms with Crippen molar-refractivity contribution in [3.63, 3.8) is 0 Å². The molecular formula is C22H29N3O2. The molecule has 0 unspecified atom stereocenters. The molecule has 27 heavy (non-hydrogen) atoms. The zero-order valence-corrected chi connectivity index (χ0v) is 16.4. The van der Waals surface area contributed by atoms with Gasteiger partial charge in [-0.1, -0.05) is 6.07 Å². The molecular weight excluding hydrogens is 338 g/mol. The first-order valence-electron chi connectivity index (χ1n) is 9.64. The van der Waals surface area contributed by atoms with E-state index in [9.17, 15) is 4.79 Å². The monoisotopic (exact) mass is 367 g/mol. The minimum Gasteiger partial charge on any atom is -0.495 e. The summed E-state index contributed by atoms with van der Waals surface area (Å²) in [5.41, 5.74) is 3.97. The maximum absolute atomic E-state index is 12.6. The average molecular weight is 367 g/mol. The molecule has 0 spiro atoms. The summed E-state index contributed by atoms with van der Waals surface area (Å²) in [6.45, 7) is 6.09. The van der Waals surface area contributed by atoms with Crippen molar-refractivity contribution in [3.05, 3.63) is 48.0 Å². The van der Waals surface area contributed by atoms with Crippen molar-refractivity contribution < 1.29 is 9.53 Å². The second kappa shape index (κ2) is 8.80. The molecule has 5 heteroatoms. The van der Waals surface area contributed by atoms with E-state index < -0.39 is 0 Å². The Labute approximate surface area is 161 Å². The lowest BCUT2D eigenvalue weighted by Gasteiger charge is -2.28. The fourth-order valence-electron chi connectivity index (χ4n) is 3.39. The van der Waals surface area contributed by atoms with Crippen LogP contribution in [0, 0.1) is 6.92 Å². The lowest BCUT2D eigenvalue weighted by Crippen LogP contribution is -2.32. The molecule has 2 aromatic rings. The second-order valence-corrected chi connectivity index (χ2v) is 7.15. The van der Waals surface area contributed by atoms with E-state index in [1.807, 2.05) is 44.2 Å². The first-order valence-corrected chi connectivity index (χ1v) is 9.64. The zero-order chi connectivity index (χ0) is 19.2. The van der Waals surface area contributed by atoms with Gasteiger partial charge in [-0.15, -0.1) is 0 Å². The highest BCUT2D eigenvalue weighted by molar-refractivity contribution is 5.96. The summed E-state index contributed by atoms with van der Waals surface area (Å²) in [6.07, 6.45) is 3.83. The van der Waals surface area contributed by atoms with Crippen molar-refractivity contribution in [2.75, 3.05) is 35.7 Å². The summed E-state index contributed by atoms with van der Waals surface area (Å²) in [7, 11) is 1.63. The Morgan fingerprint density at radius 1 is 1.07 bits per heavy atom. The summed E-state index contributed by atoms with van der Waals surface area (Å²) in [5, 5.41) is 6.22. The largest absolute Gasteiger partial charge is 0.495 e. The number of methoxy groups -OCH3 is 1. The van der Waals surface area contributed by atoms with Crippen molar-refractivity contribution in [1.29, 1.82) is 0 Å². The van der Waals surface area contributed by atoms with Gasteiger partial charge in [0.1, 0.15) is 11.8 Å². The van der Waals surface area contributed by atoms with E-state index in [1.54, 1.807) is 7.11 Å². The molecule has 0 aromatic heterocycles. The third-order valence-corrected chi connectivity index (χ3v) is 4.98. The van der Waals surface area contributed by atoms with Gasteiger partial charge in [0.05, 0.1) is 12.8 Å². The van der Waals surface area contributed by atoms with Crippen LogP contribution in [-0.4, -0.2) is 32.1 Å². The van der Waals surface area contributed by atoms with Gasteiger partial charge in [-0.3, -0.25) is 4.79 Å². The van der Waals surface area contributed by atoms with Crippen LogP contribution in [0.1, 0.15) is 31.7 Å². The number of hydrogen-bond donors (Lipinski definition) is 2. The van der Waals surface area contributed by atoms with Crippen LogP contribution in [0.4, 0.5) is 17.1 Å². The minimum absolute atomic E-state index is 0.0794. The highest BCUT2D eigenvalue weighted by Crippen LogP contribution is 2.26. The van der Waals surface area contributed by atoms with E-state index in [2.05, 4.69) is 27.7 Å². The quantitative estimate of drug-likeness (QED) is 0.793. The standard InChI is InChI=1S/C22H29N3O2/c1-16-7-12-21(27-3)20(15-16)23-17(2)22(26)24-18-8-10-19(11-9-18)25-13-5-4-6-14-25/h7-12,15,17,23H,4-6,13-14H2,1-3H3,(H,24,26)/t17-/m0/s1. The Hall–Kier alpha value is -2.69. The number of benzene rings is 2. The number of ether oxygens (including phenoxy) is 1. The van der Waals surface area contributed by atoms with Gasteiger partial charge >= 0.3 is 0 Å². The van der Waals surface area contributed by atoms with Gasteiger partial charge < -0.3 is 20.3 Å². The Bertz CT molecular complexity index is 768.